The third kappa shape index (κ3) is 4.41. The van der Waals surface area contributed by atoms with Crippen LogP contribution < -0.4 is 0 Å². The van der Waals surface area contributed by atoms with Crippen molar-refractivity contribution in [3.05, 3.63) is 60.2 Å². The van der Waals surface area contributed by atoms with Crippen molar-refractivity contribution < 1.29 is 18.3 Å². The monoisotopic (exact) mass is 382 g/mol. The van der Waals surface area contributed by atoms with Crippen LogP contribution in [0.2, 0.25) is 0 Å². The number of benzene rings is 2. The zero-order chi connectivity index (χ0) is 17.7. The molecule has 0 heterocycles. The van der Waals surface area contributed by atoms with Gasteiger partial charge in [0, 0.05) is 26.9 Å². The molecule has 0 spiro atoms. The van der Waals surface area contributed by atoms with E-state index in [2.05, 4.69) is 0 Å². The fourth-order valence-electron chi connectivity index (χ4n) is 2.14. The van der Waals surface area contributed by atoms with Gasteiger partial charge < -0.3 is 5.11 Å². The van der Waals surface area contributed by atoms with Crippen LogP contribution in [0.15, 0.2) is 64.4 Å². The largest absolute Gasteiger partial charge is 0.478 e. The summed E-state index contributed by atoms with van der Waals surface area (Å²) in [5, 5.41) is 9.27. The van der Waals surface area contributed by atoms with Gasteiger partial charge in [-0.05, 0) is 24.6 Å². The maximum absolute atomic E-state index is 12.0. The maximum Gasteiger partial charge on any atom is 0.335 e. The second-order valence-corrected chi connectivity index (χ2v) is 8.43. The molecule has 0 fully saturated rings. The van der Waals surface area contributed by atoms with Crippen molar-refractivity contribution in [1.29, 1.82) is 0 Å². The fourth-order valence-corrected chi connectivity index (χ4v) is 4.36. The SMILES string of the molecule is CC=CCSc1cc(C(=O)O)cc(S(=O)(=O)Cl)c1-c1ccccc1. The van der Waals surface area contributed by atoms with Gasteiger partial charge in [-0.2, -0.15) is 0 Å². The molecule has 0 aliphatic rings. The van der Waals surface area contributed by atoms with E-state index in [1.807, 2.05) is 25.1 Å². The number of thioether (sulfide) groups is 1. The highest BCUT2D eigenvalue weighted by atomic mass is 35.7. The Morgan fingerprint density at radius 3 is 2.46 bits per heavy atom. The molecule has 1 N–H and O–H groups in total. The van der Waals surface area contributed by atoms with Gasteiger partial charge >= 0.3 is 5.97 Å². The number of carbonyl (C=O) groups is 1. The molecule has 0 amide bonds. The van der Waals surface area contributed by atoms with Gasteiger partial charge in [0.25, 0.3) is 9.05 Å². The lowest BCUT2D eigenvalue weighted by Crippen LogP contribution is -2.03. The van der Waals surface area contributed by atoms with Crippen molar-refractivity contribution in [3.63, 3.8) is 0 Å². The van der Waals surface area contributed by atoms with Gasteiger partial charge in [0.2, 0.25) is 0 Å². The number of carboxylic acids is 1. The first-order valence-corrected chi connectivity index (χ1v) is 10.3. The minimum absolute atomic E-state index is 0.114. The van der Waals surface area contributed by atoms with Crippen LogP contribution in [-0.2, 0) is 9.05 Å². The number of carboxylic acid groups (broad SMARTS) is 1. The van der Waals surface area contributed by atoms with E-state index in [-0.39, 0.29) is 10.5 Å². The van der Waals surface area contributed by atoms with E-state index < -0.39 is 15.0 Å². The zero-order valence-electron chi connectivity index (χ0n) is 12.8. The van der Waals surface area contributed by atoms with Crippen molar-refractivity contribution in [1.82, 2.24) is 0 Å². The number of hydrogen-bond acceptors (Lipinski definition) is 4. The van der Waals surface area contributed by atoms with E-state index in [9.17, 15) is 18.3 Å². The molecular formula is C17H15ClO4S2. The summed E-state index contributed by atoms with van der Waals surface area (Å²) in [5.41, 5.74) is 0.971. The number of halogens is 1. The second-order valence-electron chi connectivity index (χ2n) is 4.84. The summed E-state index contributed by atoms with van der Waals surface area (Å²) in [4.78, 5) is 11.7. The Balaban J connectivity index is 2.78. The van der Waals surface area contributed by atoms with Gasteiger partial charge in [-0.15, -0.1) is 11.8 Å². The lowest BCUT2D eigenvalue weighted by atomic mass is 10.0. The summed E-state index contributed by atoms with van der Waals surface area (Å²) in [5.74, 6) is -0.620. The third-order valence-electron chi connectivity index (χ3n) is 3.21. The van der Waals surface area contributed by atoms with E-state index in [4.69, 9.17) is 10.7 Å². The Morgan fingerprint density at radius 2 is 1.92 bits per heavy atom. The van der Waals surface area contributed by atoms with Crippen molar-refractivity contribution in [3.8, 4) is 11.1 Å². The van der Waals surface area contributed by atoms with Crippen LogP contribution in [0.3, 0.4) is 0 Å². The van der Waals surface area contributed by atoms with Gasteiger partial charge in [-0.25, -0.2) is 13.2 Å². The first kappa shape index (κ1) is 18.6. The van der Waals surface area contributed by atoms with Crippen LogP contribution in [0.25, 0.3) is 11.1 Å². The fraction of sp³-hybridized carbons (Fsp3) is 0.118. The number of allylic oxidation sites excluding steroid dienone is 1. The first-order chi connectivity index (χ1) is 11.3. The molecule has 7 heteroatoms. The van der Waals surface area contributed by atoms with Gasteiger partial charge in [0.05, 0.1) is 10.5 Å². The second kappa shape index (κ2) is 7.88. The molecule has 2 aromatic rings. The highest BCUT2D eigenvalue weighted by Gasteiger charge is 2.23. The maximum atomic E-state index is 12.0. The van der Waals surface area contributed by atoms with Crippen LogP contribution >= 0.6 is 22.4 Å². The minimum atomic E-state index is -4.11. The number of rotatable bonds is 6. The van der Waals surface area contributed by atoms with E-state index >= 15 is 0 Å². The first-order valence-electron chi connectivity index (χ1n) is 7.00. The highest BCUT2D eigenvalue weighted by Crippen LogP contribution is 2.39. The van der Waals surface area contributed by atoms with E-state index in [0.717, 1.165) is 6.07 Å². The Kier molecular flexibility index (Phi) is 6.10. The molecule has 24 heavy (non-hydrogen) atoms. The Morgan fingerprint density at radius 1 is 1.25 bits per heavy atom. The summed E-state index contributed by atoms with van der Waals surface area (Å²) < 4.78 is 24.1. The molecule has 0 atom stereocenters. The minimum Gasteiger partial charge on any atom is -0.478 e. The molecule has 0 bridgehead atoms. The van der Waals surface area contributed by atoms with E-state index in [1.54, 1.807) is 24.3 Å². The zero-order valence-corrected chi connectivity index (χ0v) is 15.2. The van der Waals surface area contributed by atoms with Crippen LogP contribution in [-0.4, -0.2) is 25.2 Å². The van der Waals surface area contributed by atoms with Gasteiger partial charge in [0.1, 0.15) is 0 Å². The van der Waals surface area contributed by atoms with E-state index in [0.29, 0.717) is 21.8 Å². The molecule has 0 radical (unpaired) electrons. The summed E-state index contributed by atoms with van der Waals surface area (Å²) in [6.45, 7) is 1.88. The van der Waals surface area contributed by atoms with Crippen molar-refractivity contribution in [2.75, 3.05) is 5.75 Å². The lowest BCUT2D eigenvalue weighted by Gasteiger charge is -2.14. The average Bonchev–Trinajstić information content (AvgIpc) is 2.54. The standard InChI is InChI=1S/C17H15ClO4S2/c1-2-3-9-23-14-10-13(17(19)20)11-15(24(18,21)22)16(14)12-7-5-4-6-8-12/h2-8,10-11H,9H2,1H3,(H,19,20). The molecule has 0 aliphatic heterocycles. The predicted molar refractivity (Wildman–Crippen MR) is 97.4 cm³/mol. The molecule has 0 aliphatic carbocycles. The van der Waals surface area contributed by atoms with Gasteiger partial charge in [0.15, 0.2) is 0 Å². The summed E-state index contributed by atoms with van der Waals surface area (Å²) in [7, 11) is 1.47. The third-order valence-corrected chi connectivity index (χ3v) is 5.55. The topological polar surface area (TPSA) is 71.4 Å². The van der Waals surface area contributed by atoms with Crippen LogP contribution in [0.1, 0.15) is 17.3 Å². The number of hydrogen-bond donors (Lipinski definition) is 1. The molecular weight excluding hydrogens is 368 g/mol. The van der Waals surface area contributed by atoms with Crippen LogP contribution in [0.5, 0.6) is 0 Å². The van der Waals surface area contributed by atoms with Gasteiger partial charge in [-0.1, -0.05) is 42.5 Å². The quantitative estimate of drug-likeness (QED) is 0.447. The smallest absolute Gasteiger partial charge is 0.335 e. The summed E-state index contributed by atoms with van der Waals surface area (Å²) in [6, 6.07) is 11.5. The Bertz CT molecular complexity index is 875. The number of aromatic carboxylic acids is 1. The van der Waals surface area contributed by atoms with Crippen molar-refractivity contribution in [2.24, 2.45) is 0 Å². The van der Waals surface area contributed by atoms with Crippen LogP contribution in [0, 0.1) is 0 Å². The molecule has 0 unspecified atom stereocenters. The molecule has 2 rings (SSSR count). The Labute approximate surface area is 149 Å². The summed E-state index contributed by atoms with van der Waals surface area (Å²) >= 11 is 1.36. The van der Waals surface area contributed by atoms with Gasteiger partial charge in [-0.3, -0.25) is 0 Å². The van der Waals surface area contributed by atoms with Crippen molar-refractivity contribution >= 4 is 37.5 Å². The van der Waals surface area contributed by atoms with Crippen molar-refractivity contribution in [2.45, 2.75) is 16.7 Å². The highest BCUT2D eigenvalue weighted by molar-refractivity contribution is 8.13. The predicted octanol–water partition coefficient (Wildman–Crippen LogP) is 4.65. The Hall–Kier alpha value is -1.76. The molecule has 4 nitrogen and oxygen atoms in total. The molecule has 0 saturated heterocycles. The molecule has 126 valence electrons. The summed E-state index contributed by atoms with van der Waals surface area (Å²) in [6.07, 6.45) is 3.77. The molecule has 2 aromatic carbocycles. The lowest BCUT2D eigenvalue weighted by molar-refractivity contribution is 0.0696. The normalized spacial score (nSPS) is 11.8. The van der Waals surface area contributed by atoms with Crippen LogP contribution in [0.4, 0.5) is 0 Å². The van der Waals surface area contributed by atoms with E-state index in [1.165, 1.54) is 17.8 Å². The molecule has 0 saturated carbocycles. The molecule has 0 aromatic heterocycles. The average molecular weight is 383 g/mol.